The molecule has 0 fully saturated rings. The Morgan fingerprint density at radius 3 is 2.88 bits per heavy atom. The molecule has 0 aliphatic rings. The minimum atomic E-state index is -0.596. The monoisotopic (exact) mass is 358 g/mol. The van der Waals surface area contributed by atoms with Crippen LogP contribution < -0.4 is 11.1 Å². The third kappa shape index (κ3) is 3.76. The van der Waals surface area contributed by atoms with Crippen molar-refractivity contribution in [1.29, 1.82) is 0 Å². The van der Waals surface area contributed by atoms with Gasteiger partial charge in [-0.05, 0) is 23.6 Å². The Morgan fingerprint density at radius 2 is 2.12 bits per heavy atom. The Balaban J connectivity index is 1.78. The number of carbonyl (C=O) groups is 1. The molecule has 0 saturated carbocycles. The molecule has 1 aromatic carbocycles. The number of carbonyl (C=O) groups excluding carboxylic acids is 1. The minimum Gasteiger partial charge on any atom is -0.305 e. The van der Waals surface area contributed by atoms with E-state index in [9.17, 15) is 9.59 Å². The Bertz CT molecular complexity index is 951. The van der Waals surface area contributed by atoms with E-state index in [1.807, 2.05) is 17.5 Å². The standard InChI is InChI=1S/C16H11ClN4O2S/c17-11-5-2-1-4-10(11)9-18-21-15(22)13-8-12(19-16(23)20-13)14-6-3-7-24-14/h1-9H,(H,21,22)(H,19,20,23)/b18-9+. The molecule has 0 bridgehead atoms. The highest BCUT2D eigenvalue weighted by Crippen LogP contribution is 2.21. The second kappa shape index (κ2) is 7.20. The molecule has 0 aliphatic heterocycles. The van der Waals surface area contributed by atoms with Gasteiger partial charge < -0.3 is 4.98 Å². The summed E-state index contributed by atoms with van der Waals surface area (Å²) in [5, 5.41) is 6.24. The SMILES string of the molecule is O=C(N/N=C/c1ccccc1Cl)c1cc(-c2cccs2)[nH]c(=O)n1. The van der Waals surface area contributed by atoms with Gasteiger partial charge >= 0.3 is 5.69 Å². The average Bonchev–Trinajstić information content (AvgIpc) is 3.10. The van der Waals surface area contributed by atoms with E-state index in [2.05, 4.69) is 20.5 Å². The van der Waals surface area contributed by atoms with E-state index in [0.717, 1.165) is 4.88 Å². The molecule has 0 saturated heterocycles. The number of aromatic nitrogens is 2. The van der Waals surface area contributed by atoms with Gasteiger partial charge in [0.05, 0.1) is 16.8 Å². The summed E-state index contributed by atoms with van der Waals surface area (Å²) in [6.45, 7) is 0. The fourth-order valence-corrected chi connectivity index (χ4v) is 2.82. The molecule has 0 radical (unpaired) electrons. The van der Waals surface area contributed by atoms with Gasteiger partial charge in [0.1, 0.15) is 5.69 Å². The Kier molecular flexibility index (Phi) is 4.83. The van der Waals surface area contributed by atoms with E-state index in [0.29, 0.717) is 16.3 Å². The van der Waals surface area contributed by atoms with E-state index in [-0.39, 0.29) is 5.69 Å². The van der Waals surface area contributed by atoms with Gasteiger partial charge in [-0.15, -0.1) is 11.3 Å². The Labute approximate surface area is 145 Å². The molecular formula is C16H11ClN4O2S. The summed E-state index contributed by atoms with van der Waals surface area (Å²) in [6.07, 6.45) is 1.42. The van der Waals surface area contributed by atoms with Crippen LogP contribution in [0.5, 0.6) is 0 Å². The smallest absolute Gasteiger partial charge is 0.305 e. The van der Waals surface area contributed by atoms with Crippen LogP contribution in [0.15, 0.2) is 57.7 Å². The third-order valence-electron chi connectivity index (χ3n) is 3.04. The molecule has 6 nitrogen and oxygen atoms in total. The van der Waals surface area contributed by atoms with Gasteiger partial charge in [0.2, 0.25) is 0 Å². The molecule has 8 heteroatoms. The van der Waals surface area contributed by atoms with Crippen LogP contribution in [0.25, 0.3) is 10.6 Å². The first-order chi connectivity index (χ1) is 11.6. The van der Waals surface area contributed by atoms with E-state index in [4.69, 9.17) is 11.6 Å². The molecule has 3 aromatic rings. The van der Waals surface area contributed by atoms with Crippen molar-refractivity contribution in [1.82, 2.24) is 15.4 Å². The number of nitrogens with zero attached hydrogens (tertiary/aromatic N) is 2. The van der Waals surface area contributed by atoms with Gasteiger partial charge in [-0.2, -0.15) is 10.1 Å². The van der Waals surface area contributed by atoms with Crippen molar-refractivity contribution in [3.63, 3.8) is 0 Å². The van der Waals surface area contributed by atoms with Crippen LogP contribution >= 0.6 is 22.9 Å². The molecular weight excluding hydrogens is 348 g/mol. The maximum absolute atomic E-state index is 12.1. The largest absolute Gasteiger partial charge is 0.346 e. The molecule has 2 heterocycles. The number of H-pyrrole nitrogens is 1. The van der Waals surface area contributed by atoms with Crippen LogP contribution in [-0.2, 0) is 0 Å². The Morgan fingerprint density at radius 1 is 1.29 bits per heavy atom. The topological polar surface area (TPSA) is 87.2 Å². The van der Waals surface area contributed by atoms with Crippen LogP contribution in [0.3, 0.4) is 0 Å². The summed E-state index contributed by atoms with van der Waals surface area (Å²) in [5.41, 5.74) is 2.92. The summed E-state index contributed by atoms with van der Waals surface area (Å²) < 4.78 is 0. The average molecular weight is 359 g/mol. The van der Waals surface area contributed by atoms with Crippen LogP contribution in [-0.4, -0.2) is 22.1 Å². The van der Waals surface area contributed by atoms with Crippen molar-refractivity contribution in [3.05, 3.63) is 74.6 Å². The lowest BCUT2D eigenvalue weighted by molar-refractivity contribution is 0.0949. The second-order valence-corrected chi connectivity index (χ2v) is 6.04. The number of hydrazone groups is 1. The summed E-state index contributed by atoms with van der Waals surface area (Å²) in [6, 6.07) is 12.3. The number of benzene rings is 1. The predicted octanol–water partition coefficient (Wildman–Crippen LogP) is 2.92. The van der Waals surface area contributed by atoms with Crippen molar-refractivity contribution in [2.24, 2.45) is 5.10 Å². The molecule has 0 aliphatic carbocycles. The van der Waals surface area contributed by atoms with Crippen molar-refractivity contribution in [2.45, 2.75) is 0 Å². The first-order valence-electron chi connectivity index (χ1n) is 6.86. The number of hydrogen-bond acceptors (Lipinski definition) is 5. The second-order valence-electron chi connectivity index (χ2n) is 4.68. The first-order valence-corrected chi connectivity index (χ1v) is 8.12. The maximum atomic E-state index is 12.1. The molecule has 3 rings (SSSR count). The molecule has 0 atom stereocenters. The predicted molar refractivity (Wildman–Crippen MR) is 94.7 cm³/mol. The minimum absolute atomic E-state index is 0.0153. The molecule has 24 heavy (non-hydrogen) atoms. The lowest BCUT2D eigenvalue weighted by atomic mass is 10.2. The van der Waals surface area contributed by atoms with Crippen molar-refractivity contribution < 1.29 is 4.79 Å². The lowest BCUT2D eigenvalue weighted by Gasteiger charge is -2.02. The molecule has 2 aromatic heterocycles. The van der Waals surface area contributed by atoms with Gasteiger partial charge in [-0.25, -0.2) is 10.2 Å². The number of nitrogens with one attached hydrogen (secondary N) is 2. The zero-order valence-electron chi connectivity index (χ0n) is 12.2. The summed E-state index contributed by atoms with van der Waals surface area (Å²) >= 11 is 7.44. The summed E-state index contributed by atoms with van der Waals surface area (Å²) in [7, 11) is 0. The van der Waals surface area contributed by atoms with E-state index < -0.39 is 11.6 Å². The summed E-state index contributed by atoms with van der Waals surface area (Å²) in [5.74, 6) is -0.581. The van der Waals surface area contributed by atoms with Gasteiger partial charge in [-0.1, -0.05) is 35.9 Å². The first kappa shape index (κ1) is 16.1. The molecule has 2 N–H and O–H groups in total. The van der Waals surface area contributed by atoms with Gasteiger partial charge in [0.15, 0.2) is 0 Å². The number of hydrogen-bond donors (Lipinski definition) is 2. The zero-order chi connectivity index (χ0) is 16.9. The van der Waals surface area contributed by atoms with Crippen molar-refractivity contribution in [2.75, 3.05) is 0 Å². The van der Waals surface area contributed by atoms with Crippen LogP contribution in [0.2, 0.25) is 5.02 Å². The molecule has 0 spiro atoms. The zero-order valence-corrected chi connectivity index (χ0v) is 13.8. The molecule has 0 unspecified atom stereocenters. The molecule has 120 valence electrons. The van der Waals surface area contributed by atoms with E-state index >= 15 is 0 Å². The maximum Gasteiger partial charge on any atom is 0.346 e. The molecule has 1 amide bonds. The quantitative estimate of drug-likeness (QED) is 0.555. The highest BCUT2D eigenvalue weighted by molar-refractivity contribution is 7.13. The van der Waals surface area contributed by atoms with Crippen LogP contribution in [0, 0.1) is 0 Å². The number of rotatable bonds is 4. The number of halogens is 1. The Hall–Kier alpha value is -2.77. The number of thiophene rings is 1. The van der Waals surface area contributed by atoms with Crippen molar-refractivity contribution >= 4 is 35.1 Å². The van der Waals surface area contributed by atoms with E-state index in [1.165, 1.54) is 23.6 Å². The van der Waals surface area contributed by atoms with Crippen LogP contribution in [0.1, 0.15) is 16.1 Å². The number of aromatic amines is 1. The normalized spacial score (nSPS) is 10.9. The number of amides is 1. The van der Waals surface area contributed by atoms with Gasteiger partial charge in [-0.3, -0.25) is 4.79 Å². The van der Waals surface area contributed by atoms with Crippen molar-refractivity contribution in [3.8, 4) is 10.6 Å². The highest BCUT2D eigenvalue weighted by atomic mass is 35.5. The van der Waals surface area contributed by atoms with Gasteiger partial charge in [0.25, 0.3) is 5.91 Å². The fourth-order valence-electron chi connectivity index (χ4n) is 1.94. The lowest BCUT2D eigenvalue weighted by Crippen LogP contribution is -2.24. The summed E-state index contributed by atoms with van der Waals surface area (Å²) in [4.78, 5) is 30.9. The van der Waals surface area contributed by atoms with Gasteiger partial charge in [0, 0.05) is 10.6 Å². The van der Waals surface area contributed by atoms with Crippen LogP contribution in [0.4, 0.5) is 0 Å². The fraction of sp³-hybridized carbons (Fsp3) is 0. The highest BCUT2D eigenvalue weighted by Gasteiger charge is 2.11. The van der Waals surface area contributed by atoms with E-state index in [1.54, 1.807) is 24.3 Å². The third-order valence-corrected chi connectivity index (χ3v) is 4.29.